The molecule has 1 saturated carbocycles. The maximum atomic E-state index is 13.7. The Kier molecular flexibility index (Phi) is 6.31. The van der Waals surface area contributed by atoms with E-state index in [2.05, 4.69) is 0 Å². The summed E-state index contributed by atoms with van der Waals surface area (Å²) in [6.07, 6.45) is 7.51. The molecular formula is C23H22FNO2S2. The first kappa shape index (κ1) is 20.1. The summed E-state index contributed by atoms with van der Waals surface area (Å²) in [5.41, 5.74) is 1.43. The lowest BCUT2D eigenvalue weighted by Crippen LogP contribution is -2.39. The number of carbonyl (C=O) groups excluding carboxylic acids is 1. The highest BCUT2D eigenvalue weighted by Gasteiger charge is 2.37. The van der Waals surface area contributed by atoms with Gasteiger partial charge >= 0.3 is 0 Å². The Labute approximate surface area is 179 Å². The van der Waals surface area contributed by atoms with E-state index in [-0.39, 0.29) is 24.4 Å². The number of thiocarbonyl (C=S) groups is 1. The number of ether oxygens (including phenoxy) is 1. The molecule has 2 aromatic rings. The topological polar surface area (TPSA) is 29.5 Å². The number of hydrogen-bond acceptors (Lipinski definition) is 4. The summed E-state index contributed by atoms with van der Waals surface area (Å²) in [7, 11) is 0. The van der Waals surface area contributed by atoms with Crippen molar-refractivity contribution in [2.45, 2.75) is 44.8 Å². The Hall–Kier alpha value is -2.18. The zero-order valence-corrected chi connectivity index (χ0v) is 17.6. The van der Waals surface area contributed by atoms with Gasteiger partial charge in [-0.1, -0.05) is 73.6 Å². The normalized spacial score (nSPS) is 19.2. The van der Waals surface area contributed by atoms with Crippen LogP contribution in [0.5, 0.6) is 5.75 Å². The van der Waals surface area contributed by atoms with E-state index in [1.807, 2.05) is 35.2 Å². The highest BCUT2D eigenvalue weighted by molar-refractivity contribution is 8.26. The first-order valence-corrected chi connectivity index (χ1v) is 11.1. The van der Waals surface area contributed by atoms with E-state index >= 15 is 0 Å². The van der Waals surface area contributed by atoms with E-state index < -0.39 is 0 Å². The lowest BCUT2D eigenvalue weighted by molar-refractivity contribution is -0.124. The fraction of sp³-hybridized carbons (Fsp3) is 0.304. The van der Waals surface area contributed by atoms with Crippen LogP contribution in [0.25, 0.3) is 6.08 Å². The van der Waals surface area contributed by atoms with Crippen molar-refractivity contribution in [1.82, 2.24) is 4.90 Å². The van der Waals surface area contributed by atoms with Crippen molar-refractivity contribution in [3.05, 3.63) is 70.4 Å². The third-order valence-corrected chi connectivity index (χ3v) is 6.62. The molecule has 1 saturated heterocycles. The quantitative estimate of drug-likeness (QED) is 0.436. The monoisotopic (exact) mass is 427 g/mol. The summed E-state index contributed by atoms with van der Waals surface area (Å²) < 4.78 is 20.0. The number of amides is 1. The average molecular weight is 428 g/mol. The molecule has 3 nitrogen and oxygen atoms in total. The first-order chi connectivity index (χ1) is 14.1. The molecule has 0 radical (unpaired) electrons. The van der Waals surface area contributed by atoms with Gasteiger partial charge in [-0.2, -0.15) is 0 Å². The molecule has 0 bridgehead atoms. The molecule has 0 atom stereocenters. The highest BCUT2D eigenvalue weighted by atomic mass is 32.2. The van der Waals surface area contributed by atoms with Crippen LogP contribution in [0.4, 0.5) is 4.39 Å². The smallest absolute Gasteiger partial charge is 0.266 e. The maximum absolute atomic E-state index is 13.7. The Morgan fingerprint density at radius 1 is 1.10 bits per heavy atom. The van der Waals surface area contributed by atoms with Crippen molar-refractivity contribution >= 4 is 40.3 Å². The molecule has 150 valence electrons. The minimum absolute atomic E-state index is 0.0202. The molecule has 6 heteroatoms. The molecule has 0 aromatic heterocycles. The summed E-state index contributed by atoms with van der Waals surface area (Å²) in [5, 5.41) is 0. The molecule has 1 aliphatic heterocycles. The van der Waals surface area contributed by atoms with Gasteiger partial charge in [0.2, 0.25) is 0 Å². The van der Waals surface area contributed by atoms with Gasteiger partial charge in [-0.25, -0.2) is 4.39 Å². The van der Waals surface area contributed by atoms with Crippen LogP contribution >= 0.6 is 24.0 Å². The van der Waals surface area contributed by atoms with E-state index in [4.69, 9.17) is 17.0 Å². The van der Waals surface area contributed by atoms with E-state index in [1.165, 1.54) is 24.2 Å². The van der Waals surface area contributed by atoms with Crippen LogP contribution in [0.3, 0.4) is 0 Å². The number of hydrogen-bond donors (Lipinski definition) is 0. The summed E-state index contributed by atoms with van der Waals surface area (Å²) in [4.78, 5) is 15.4. The van der Waals surface area contributed by atoms with Crippen LogP contribution in [-0.4, -0.2) is 21.2 Å². The highest BCUT2D eigenvalue weighted by Crippen LogP contribution is 2.37. The Morgan fingerprint density at radius 3 is 2.55 bits per heavy atom. The minimum atomic E-state index is -0.274. The van der Waals surface area contributed by atoms with E-state index in [1.54, 1.807) is 18.2 Å². The van der Waals surface area contributed by atoms with Crippen molar-refractivity contribution < 1.29 is 13.9 Å². The molecule has 2 aliphatic rings. The standard InChI is InChI=1S/C23H22FNO2S2/c24-20-9-5-4-6-17(20)15-27-19-12-10-16(11-13-19)14-21-22(26)25(23(28)29-21)18-7-2-1-3-8-18/h4-6,9-14,18H,1-3,7-8,15H2/b21-14+. The van der Waals surface area contributed by atoms with Crippen LogP contribution in [-0.2, 0) is 11.4 Å². The van der Waals surface area contributed by atoms with E-state index in [9.17, 15) is 9.18 Å². The number of nitrogens with zero attached hydrogens (tertiary/aromatic N) is 1. The fourth-order valence-corrected chi connectivity index (χ4v) is 5.12. The van der Waals surface area contributed by atoms with Crippen LogP contribution < -0.4 is 4.74 Å². The summed E-state index contributed by atoms with van der Waals surface area (Å²) in [5.74, 6) is 0.399. The predicted molar refractivity (Wildman–Crippen MR) is 119 cm³/mol. The van der Waals surface area contributed by atoms with Crippen LogP contribution in [0.2, 0.25) is 0 Å². The largest absolute Gasteiger partial charge is 0.489 e. The van der Waals surface area contributed by atoms with Crippen LogP contribution in [0.1, 0.15) is 43.2 Å². The van der Waals surface area contributed by atoms with Crippen molar-refractivity contribution in [2.24, 2.45) is 0 Å². The van der Waals surface area contributed by atoms with Gasteiger partial charge < -0.3 is 4.74 Å². The third kappa shape index (κ3) is 4.70. The van der Waals surface area contributed by atoms with Gasteiger partial charge in [0.1, 0.15) is 22.5 Å². The van der Waals surface area contributed by atoms with Crippen LogP contribution in [0, 0.1) is 5.82 Å². The maximum Gasteiger partial charge on any atom is 0.266 e. The Balaban J connectivity index is 1.41. The van der Waals surface area contributed by atoms with Crippen molar-refractivity contribution in [3.8, 4) is 5.75 Å². The molecule has 1 amide bonds. The van der Waals surface area contributed by atoms with Gasteiger partial charge in [-0.15, -0.1) is 0 Å². The van der Waals surface area contributed by atoms with Gasteiger partial charge in [0.05, 0.1) is 4.91 Å². The fourth-order valence-electron chi connectivity index (χ4n) is 3.72. The minimum Gasteiger partial charge on any atom is -0.489 e. The molecule has 4 rings (SSSR count). The molecular weight excluding hydrogens is 405 g/mol. The van der Waals surface area contributed by atoms with Gasteiger partial charge in [0, 0.05) is 11.6 Å². The Bertz CT molecular complexity index is 936. The number of halogens is 1. The summed E-state index contributed by atoms with van der Waals surface area (Å²) >= 11 is 6.86. The number of carbonyl (C=O) groups is 1. The average Bonchev–Trinajstić information content (AvgIpc) is 3.02. The van der Waals surface area contributed by atoms with Crippen molar-refractivity contribution in [1.29, 1.82) is 0 Å². The summed E-state index contributed by atoms with van der Waals surface area (Å²) in [6.45, 7) is 0.173. The molecule has 2 fully saturated rings. The molecule has 1 aliphatic carbocycles. The second-order valence-corrected chi connectivity index (χ2v) is 8.97. The molecule has 0 unspecified atom stereocenters. The van der Waals surface area contributed by atoms with Crippen LogP contribution in [0.15, 0.2) is 53.4 Å². The van der Waals surface area contributed by atoms with Crippen molar-refractivity contribution in [2.75, 3.05) is 0 Å². The van der Waals surface area contributed by atoms with Gasteiger partial charge in [0.25, 0.3) is 5.91 Å². The predicted octanol–water partition coefficient (Wildman–Crippen LogP) is 5.94. The lowest BCUT2D eigenvalue weighted by atomic mass is 9.94. The second-order valence-electron chi connectivity index (χ2n) is 7.29. The molecule has 1 heterocycles. The number of benzene rings is 2. The number of rotatable bonds is 5. The third-order valence-electron chi connectivity index (χ3n) is 5.29. The molecule has 2 aromatic carbocycles. The second kappa shape index (κ2) is 9.09. The lowest BCUT2D eigenvalue weighted by Gasteiger charge is -2.29. The molecule has 0 spiro atoms. The zero-order valence-electron chi connectivity index (χ0n) is 16.0. The van der Waals surface area contributed by atoms with E-state index in [0.717, 1.165) is 31.2 Å². The molecule has 0 N–H and O–H groups in total. The summed E-state index contributed by atoms with van der Waals surface area (Å²) in [6, 6.07) is 14.3. The van der Waals surface area contributed by atoms with Gasteiger partial charge in [-0.3, -0.25) is 9.69 Å². The zero-order chi connectivity index (χ0) is 20.2. The number of thioether (sulfide) groups is 1. The van der Waals surface area contributed by atoms with Crippen molar-refractivity contribution in [3.63, 3.8) is 0 Å². The molecule has 29 heavy (non-hydrogen) atoms. The van der Waals surface area contributed by atoms with E-state index in [0.29, 0.717) is 20.5 Å². The Morgan fingerprint density at radius 2 is 1.83 bits per heavy atom. The SMILES string of the molecule is O=C1/C(=C\c2ccc(OCc3ccccc3F)cc2)SC(=S)N1C1CCCCC1. The van der Waals surface area contributed by atoms with Gasteiger partial charge in [0.15, 0.2) is 0 Å². The van der Waals surface area contributed by atoms with Gasteiger partial charge in [-0.05, 0) is 42.7 Å². The first-order valence-electron chi connectivity index (χ1n) is 9.85.